The molecule has 0 fully saturated rings. The Hall–Kier alpha value is -3.35. The first-order valence-corrected chi connectivity index (χ1v) is 8.29. The van der Waals surface area contributed by atoms with E-state index in [-0.39, 0.29) is 30.6 Å². The number of amides is 1. The molecule has 0 bridgehead atoms. The van der Waals surface area contributed by atoms with Crippen molar-refractivity contribution in [2.45, 2.75) is 20.1 Å². The lowest BCUT2D eigenvalue weighted by atomic mass is 10.1. The Labute approximate surface area is 155 Å². The van der Waals surface area contributed by atoms with Gasteiger partial charge in [-0.05, 0) is 42.3 Å². The van der Waals surface area contributed by atoms with E-state index in [1.54, 1.807) is 37.4 Å². The van der Waals surface area contributed by atoms with Crippen LogP contribution in [0, 0.1) is 12.7 Å². The number of carbonyl (C=O) groups is 1. The topological polar surface area (TPSA) is 73.6 Å². The summed E-state index contributed by atoms with van der Waals surface area (Å²) < 4.78 is 29.3. The molecule has 1 N–H and O–H groups in total. The van der Waals surface area contributed by atoms with E-state index in [9.17, 15) is 9.18 Å². The number of ether oxygens (including phenoxy) is 2. The second kappa shape index (κ2) is 8.35. The molecular formula is C20H19FN2O4. The van der Waals surface area contributed by atoms with Gasteiger partial charge in [0.05, 0.1) is 7.11 Å². The molecule has 0 aliphatic rings. The number of carbonyl (C=O) groups excluding carboxylic acids is 1. The minimum absolute atomic E-state index is 0.0729. The van der Waals surface area contributed by atoms with Crippen LogP contribution in [-0.2, 0) is 13.2 Å². The van der Waals surface area contributed by atoms with E-state index in [0.29, 0.717) is 17.1 Å². The Kier molecular flexibility index (Phi) is 5.71. The zero-order chi connectivity index (χ0) is 19.2. The van der Waals surface area contributed by atoms with Crippen LogP contribution in [0.1, 0.15) is 27.5 Å². The number of oxazole rings is 1. The number of benzene rings is 2. The van der Waals surface area contributed by atoms with Crippen LogP contribution in [0.2, 0.25) is 0 Å². The second-order valence-electron chi connectivity index (χ2n) is 5.85. The highest BCUT2D eigenvalue weighted by Crippen LogP contribution is 2.20. The summed E-state index contributed by atoms with van der Waals surface area (Å²) in [6.07, 6.45) is 1.26. The van der Waals surface area contributed by atoms with Gasteiger partial charge in [0.1, 0.15) is 23.6 Å². The molecule has 0 saturated heterocycles. The van der Waals surface area contributed by atoms with Gasteiger partial charge >= 0.3 is 0 Å². The van der Waals surface area contributed by atoms with Crippen molar-refractivity contribution in [3.05, 3.63) is 77.3 Å². The fourth-order valence-electron chi connectivity index (χ4n) is 2.41. The Morgan fingerprint density at radius 1 is 1.22 bits per heavy atom. The highest BCUT2D eigenvalue weighted by Gasteiger charge is 2.13. The van der Waals surface area contributed by atoms with E-state index in [2.05, 4.69) is 10.3 Å². The van der Waals surface area contributed by atoms with E-state index in [1.807, 2.05) is 6.92 Å². The van der Waals surface area contributed by atoms with Gasteiger partial charge in [-0.1, -0.05) is 12.1 Å². The molecule has 6 nitrogen and oxygen atoms in total. The molecule has 1 heterocycles. The first-order chi connectivity index (χ1) is 13.0. The number of nitrogens with one attached hydrogen (secondary N) is 1. The van der Waals surface area contributed by atoms with E-state index >= 15 is 0 Å². The Morgan fingerprint density at radius 2 is 2.04 bits per heavy atom. The molecule has 0 spiro atoms. The van der Waals surface area contributed by atoms with Gasteiger partial charge < -0.3 is 19.2 Å². The SMILES string of the molecule is COc1cccc(OCc2nc(C(=O)NCc3cc(F)ccc3C)co2)c1. The van der Waals surface area contributed by atoms with Gasteiger partial charge in [0.25, 0.3) is 5.91 Å². The third-order valence-corrected chi connectivity index (χ3v) is 3.94. The highest BCUT2D eigenvalue weighted by atomic mass is 19.1. The number of nitrogens with zero attached hydrogens (tertiary/aromatic N) is 1. The lowest BCUT2D eigenvalue weighted by molar-refractivity contribution is 0.0945. The molecule has 3 rings (SSSR count). The van der Waals surface area contributed by atoms with Crippen molar-refractivity contribution >= 4 is 5.91 Å². The fourth-order valence-corrected chi connectivity index (χ4v) is 2.41. The molecule has 1 aromatic heterocycles. The summed E-state index contributed by atoms with van der Waals surface area (Å²) >= 11 is 0. The lowest BCUT2D eigenvalue weighted by Crippen LogP contribution is -2.23. The normalized spacial score (nSPS) is 10.5. The Morgan fingerprint density at radius 3 is 2.85 bits per heavy atom. The van der Waals surface area contributed by atoms with E-state index in [1.165, 1.54) is 18.4 Å². The van der Waals surface area contributed by atoms with Crippen LogP contribution >= 0.6 is 0 Å². The number of halogens is 1. The molecule has 0 unspecified atom stereocenters. The Bertz CT molecular complexity index is 939. The third kappa shape index (κ3) is 4.84. The van der Waals surface area contributed by atoms with Crippen LogP contribution in [0.5, 0.6) is 11.5 Å². The number of rotatable bonds is 7. The summed E-state index contributed by atoms with van der Waals surface area (Å²) in [6, 6.07) is 11.6. The van der Waals surface area contributed by atoms with Gasteiger partial charge in [0.2, 0.25) is 5.89 Å². The van der Waals surface area contributed by atoms with Crippen molar-refractivity contribution in [2.24, 2.45) is 0 Å². The van der Waals surface area contributed by atoms with E-state index in [4.69, 9.17) is 13.9 Å². The standard InChI is InChI=1S/C20H19FN2O4/c1-13-6-7-15(21)8-14(13)10-22-20(24)18-11-27-19(23-18)12-26-17-5-3-4-16(9-17)25-2/h3-9,11H,10,12H2,1-2H3,(H,22,24). The first kappa shape index (κ1) is 18.4. The van der Waals surface area contributed by atoms with Crippen LogP contribution in [0.25, 0.3) is 0 Å². The maximum atomic E-state index is 13.3. The summed E-state index contributed by atoms with van der Waals surface area (Å²) in [5.41, 5.74) is 1.73. The maximum Gasteiger partial charge on any atom is 0.273 e. The minimum Gasteiger partial charge on any atom is -0.497 e. The van der Waals surface area contributed by atoms with Crippen LogP contribution in [0.3, 0.4) is 0 Å². The average Bonchev–Trinajstić information content (AvgIpc) is 3.16. The van der Waals surface area contributed by atoms with Crippen molar-refractivity contribution in [1.82, 2.24) is 10.3 Å². The highest BCUT2D eigenvalue weighted by molar-refractivity contribution is 5.91. The molecule has 7 heteroatoms. The predicted molar refractivity (Wildman–Crippen MR) is 96.1 cm³/mol. The number of aryl methyl sites for hydroxylation is 1. The molecule has 3 aromatic rings. The van der Waals surface area contributed by atoms with E-state index in [0.717, 1.165) is 5.56 Å². The summed E-state index contributed by atoms with van der Waals surface area (Å²) in [5.74, 6) is 0.788. The number of methoxy groups -OCH3 is 1. The first-order valence-electron chi connectivity index (χ1n) is 8.29. The lowest BCUT2D eigenvalue weighted by Gasteiger charge is -2.07. The van der Waals surface area contributed by atoms with Gasteiger partial charge in [-0.2, -0.15) is 0 Å². The molecule has 0 aliphatic carbocycles. The Balaban J connectivity index is 1.56. The fraction of sp³-hybridized carbons (Fsp3) is 0.200. The molecule has 140 valence electrons. The van der Waals surface area contributed by atoms with Crippen molar-refractivity contribution in [3.63, 3.8) is 0 Å². The second-order valence-corrected chi connectivity index (χ2v) is 5.85. The van der Waals surface area contributed by atoms with Gasteiger partial charge in [0, 0.05) is 12.6 Å². The van der Waals surface area contributed by atoms with Crippen LogP contribution in [-0.4, -0.2) is 18.0 Å². The molecule has 0 radical (unpaired) electrons. The van der Waals surface area contributed by atoms with Crippen LogP contribution < -0.4 is 14.8 Å². The van der Waals surface area contributed by atoms with Crippen molar-refractivity contribution in [1.29, 1.82) is 0 Å². The van der Waals surface area contributed by atoms with Gasteiger partial charge in [-0.3, -0.25) is 4.79 Å². The molecule has 2 aromatic carbocycles. The third-order valence-electron chi connectivity index (χ3n) is 3.94. The maximum absolute atomic E-state index is 13.3. The number of hydrogen-bond acceptors (Lipinski definition) is 5. The van der Waals surface area contributed by atoms with Crippen LogP contribution in [0.4, 0.5) is 4.39 Å². The van der Waals surface area contributed by atoms with Gasteiger partial charge in [-0.15, -0.1) is 0 Å². The number of aromatic nitrogens is 1. The molecule has 0 atom stereocenters. The summed E-state index contributed by atoms with van der Waals surface area (Å²) in [7, 11) is 1.57. The molecule has 1 amide bonds. The average molecular weight is 370 g/mol. The van der Waals surface area contributed by atoms with Crippen LogP contribution in [0.15, 0.2) is 53.1 Å². The quantitative estimate of drug-likeness (QED) is 0.687. The summed E-state index contributed by atoms with van der Waals surface area (Å²) in [4.78, 5) is 16.3. The van der Waals surface area contributed by atoms with Gasteiger partial charge in [-0.25, -0.2) is 9.37 Å². The van der Waals surface area contributed by atoms with Crippen molar-refractivity contribution < 1.29 is 23.1 Å². The van der Waals surface area contributed by atoms with Gasteiger partial charge in [0.15, 0.2) is 12.3 Å². The van der Waals surface area contributed by atoms with Crippen molar-refractivity contribution in [3.8, 4) is 11.5 Å². The molecular weight excluding hydrogens is 351 g/mol. The largest absolute Gasteiger partial charge is 0.497 e. The smallest absolute Gasteiger partial charge is 0.273 e. The molecule has 27 heavy (non-hydrogen) atoms. The summed E-state index contributed by atoms with van der Waals surface area (Å²) in [5, 5.41) is 2.70. The molecule has 0 saturated carbocycles. The monoisotopic (exact) mass is 370 g/mol. The predicted octanol–water partition coefficient (Wildman–Crippen LogP) is 3.64. The zero-order valence-corrected chi connectivity index (χ0v) is 15.0. The van der Waals surface area contributed by atoms with Crippen molar-refractivity contribution in [2.75, 3.05) is 7.11 Å². The summed E-state index contributed by atoms with van der Waals surface area (Å²) in [6.45, 7) is 2.12. The zero-order valence-electron chi connectivity index (χ0n) is 15.0. The van der Waals surface area contributed by atoms with E-state index < -0.39 is 5.91 Å². The molecule has 0 aliphatic heterocycles. The minimum atomic E-state index is -0.407. The number of hydrogen-bond donors (Lipinski definition) is 1.